The predicted molar refractivity (Wildman–Crippen MR) is 59.4 cm³/mol. The average molecular weight is 228 g/mol. The van der Waals surface area contributed by atoms with Crippen LogP contribution in [-0.4, -0.2) is 60.9 Å². The Balaban J connectivity index is 1.94. The van der Waals surface area contributed by atoms with Gasteiger partial charge in [-0.3, -0.25) is 9.69 Å². The number of hydrogen-bond donors (Lipinski definition) is 2. The highest BCUT2D eigenvalue weighted by Gasteiger charge is 2.37. The monoisotopic (exact) mass is 228 g/mol. The van der Waals surface area contributed by atoms with Crippen molar-refractivity contribution < 1.29 is 14.6 Å². The lowest BCUT2D eigenvalue weighted by Gasteiger charge is -2.38. The van der Waals surface area contributed by atoms with Crippen molar-refractivity contribution in [2.24, 2.45) is 0 Å². The molecule has 0 aromatic carbocycles. The molecule has 5 heteroatoms. The molecule has 0 spiro atoms. The molecule has 1 aliphatic heterocycles. The van der Waals surface area contributed by atoms with Crippen LogP contribution in [0.1, 0.15) is 19.3 Å². The van der Waals surface area contributed by atoms with Crippen molar-refractivity contribution in [2.45, 2.75) is 37.5 Å². The molecule has 16 heavy (non-hydrogen) atoms. The van der Waals surface area contributed by atoms with E-state index in [9.17, 15) is 4.79 Å². The number of morpholine rings is 1. The van der Waals surface area contributed by atoms with E-state index in [0.717, 1.165) is 26.0 Å². The summed E-state index contributed by atoms with van der Waals surface area (Å²) in [6.45, 7) is 2.17. The van der Waals surface area contributed by atoms with Gasteiger partial charge in [-0.05, 0) is 26.3 Å². The van der Waals surface area contributed by atoms with E-state index in [2.05, 4.69) is 10.2 Å². The molecule has 0 aromatic heterocycles. The topological polar surface area (TPSA) is 61.8 Å². The Bertz CT molecular complexity index is 260. The summed E-state index contributed by atoms with van der Waals surface area (Å²) >= 11 is 0. The lowest BCUT2D eigenvalue weighted by Crippen LogP contribution is -2.54. The van der Waals surface area contributed by atoms with E-state index in [1.165, 1.54) is 6.42 Å². The van der Waals surface area contributed by atoms with Crippen LogP contribution in [0.3, 0.4) is 0 Å². The van der Waals surface area contributed by atoms with Crippen LogP contribution in [0.25, 0.3) is 0 Å². The van der Waals surface area contributed by atoms with E-state index in [4.69, 9.17) is 9.84 Å². The maximum absolute atomic E-state index is 11.0. The van der Waals surface area contributed by atoms with Crippen LogP contribution in [-0.2, 0) is 9.53 Å². The summed E-state index contributed by atoms with van der Waals surface area (Å²) in [7, 11) is 1.70. The van der Waals surface area contributed by atoms with Gasteiger partial charge in [-0.25, -0.2) is 0 Å². The second-order valence-corrected chi connectivity index (χ2v) is 4.58. The Hall–Kier alpha value is -0.650. The fourth-order valence-electron chi connectivity index (χ4n) is 2.76. The Morgan fingerprint density at radius 3 is 3.12 bits per heavy atom. The Kier molecular flexibility index (Phi) is 3.78. The van der Waals surface area contributed by atoms with Crippen molar-refractivity contribution >= 4 is 5.97 Å². The first-order chi connectivity index (χ1) is 7.72. The lowest BCUT2D eigenvalue weighted by atomic mass is 10.1. The fourth-order valence-corrected chi connectivity index (χ4v) is 2.76. The standard InChI is InChI=1S/C11H20N2O3/c1-12-8(11(14)15)7-13-5-6-16-10-4-2-3-9(10)13/h8-10,12H,2-7H2,1H3,(H,14,15). The van der Waals surface area contributed by atoms with Gasteiger partial charge in [0.15, 0.2) is 0 Å². The van der Waals surface area contributed by atoms with Gasteiger partial charge in [0.2, 0.25) is 0 Å². The number of fused-ring (bicyclic) bond motifs is 1. The zero-order valence-corrected chi connectivity index (χ0v) is 9.69. The maximum atomic E-state index is 11.0. The first kappa shape index (κ1) is 11.8. The van der Waals surface area contributed by atoms with E-state index in [1.54, 1.807) is 7.05 Å². The Morgan fingerprint density at radius 1 is 1.62 bits per heavy atom. The third kappa shape index (κ3) is 2.36. The molecular weight excluding hydrogens is 208 g/mol. The number of nitrogens with one attached hydrogen (secondary N) is 1. The molecule has 1 saturated carbocycles. The molecule has 2 fully saturated rings. The van der Waals surface area contributed by atoms with Crippen molar-refractivity contribution in [3.63, 3.8) is 0 Å². The highest BCUT2D eigenvalue weighted by molar-refractivity contribution is 5.73. The van der Waals surface area contributed by atoms with Gasteiger partial charge in [0, 0.05) is 19.1 Å². The molecule has 3 unspecified atom stereocenters. The number of nitrogens with zero attached hydrogens (tertiary/aromatic N) is 1. The summed E-state index contributed by atoms with van der Waals surface area (Å²) in [6, 6.07) is -0.0386. The first-order valence-corrected chi connectivity index (χ1v) is 5.98. The van der Waals surface area contributed by atoms with Crippen molar-refractivity contribution in [3.05, 3.63) is 0 Å². The molecule has 0 bridgehead atoms. The molecule has 0 radical (unpaired) electrons. The predicted octanol–water partition coefficient (Wildman–Crippen LogP) is -0.0877. The van der Waals surface area contributed by atoms with Crippen molar-refractivity contribution in [3.8, 4) is 0 Å². The van der Waals surface area contributed by atoms with Gasteiger partial charge in [-0.1, -0.05) is 0 Å². The van der Waals surface area contributed by atoms with Gasteiger partial charge in [0.1, 0.15) is 6.04 Å². The molecule has 1 heterocycles. The molecule has 92 valence electrons. The smallest absolute Gasteiger partial charge is 0.322 e. The molecule has 3 atom stereocenters. The Labute approximate surface area is 95.8 Å². The Morgan fingerprint density at radius 2 is 2.44 bits per heavy atom. The average Bonchev–Trinajstić information content (AvgIpc) is 2.73. The molecule has 2 aliphatic rings. The maximum Gasteiger partial charge on any atom is 0.322 e. The van der Waals surface area contributed by atoms with Crippen LogP contribution in [0.4, 0.5) is 0 Å². The highest BCUT2D eigenvalue weighted by Crippen LogP contribution is 2.29. The van der Waals surface area contributed by atoms with Gasteiger partial charge in [-0.15, -0.1) is 0 Å². The molecule has 0 aromatic rings. The number of carbonyl (C=O) groups is 1. The van der Waals surface area contributed by atoms with Gasteiger partial charge in [0.25, 0.3) is 0 Å². The second kappa shape index (κ2) is 5.12. The third-order valence-electron chi connectivity index (χ3n) is 3.66. The van der Waals surface area contributed by atoms with Crippen molar-refractivity contribution in [1.29, 1.82) is 0 Å². The van der Waals surface area contributed by atoms with E-state index >= 15 is 0 Å². The van der Waals surface area contributed by atoms with E-state index in [1.807, 2.05) is 0 Å². The molecule has 2 rings (SSSR count). The summed E-state index contributed by atoms with van der Waals surface area (Å²) in [5.41, 5.74) is 0. The third-order valence-corrected chi connectivity index (χ3v) is 3.66. The van der Waals surface area contributed by atoms with E-state index < -0.39 is 12.0 Å². The van der Waals surface area contributed by atoms with E-state index in [0.29, 0.717) is 18.7 Å². The summed E-state index contributed by atoms with van der Waals surface area (Å²) in [5.74, 6) is -0.775. The number of ether oxygens (including phenoxy) is 1. The van der Waals surface area contributed by atoms with Crippen LogP contribution in [0, 0.1) is 0 Å². The van der Waals surface area contributed by atoms with Gasteiger partial charge in [-0.2, -0.15) is 0 Å². The number of carboxylic acids is 1. The highest BCUT2D eigenvalue weighted by atomic mass is 16.5. The summed E-state index contributed by atoms with van der Waals surface area (Å²) in [4.78, 5) is 13.3. The minimum absolute atomic E-state index is 0.333. The minimum Gasteiger partial charge on any atom is -0.480 e. The number of carboxylic acid groups (broad SMARTS) is 1. The minimum atomic E-state index is -0.775. The van der Waals surface area contributed by atoms with Crippen LogP contribution in [0.5, 0.6) is 0 Å². The van der Waals surface area contributed by atoms with Crippen molar-refractivity contribution in [1.82, 2.24) is 10.2 Å². The fraction of sp³-hybridized carbons (Fsp3) is 0.909. The van der Waals surface area contributed by atoms with Crippen LogP contribution in [0.2, 0.25) is 0 Å². The SMILES string of the molecule is CNC(CN1CCOC2CCCC21)C(=O)O. The second-order valence-electron chi connectivity index (χ2n) is 4.58. The molecule has 2 N–H and O–H groups in total. The summed E-state index contributed by atoms with van der Waals surface area (Å²) < 4.78 is 5.70. The molecule has 0 amide bonds. The van der Waals surface area contributed by atoms with Gasteiger partial charge >= 0.3 is 5.97 Å². The number of rotatable bonds is 4. The normalized spacial score (nSPS) is 32.3. The molecule has 5 nitrogen and oxygen atoms in total. The largest absolute Gasteiger partial charge is 0.480 e. The zero-order chi connectivity index (χ0) is 11.5. The molecule has 1 aliphatic carbocycles. The summed E-state index contributed by atoms with van der Waals surface area (Å²) in [5, 5.41) is 11.9. The molecular formula is C11H20N2O3. The zero-order valence-electron chi connectivity index (χ0n) is 9.69. The number of likely N-dealkylation sites (N-methyl/N-ethyl adjacent to an activating group) is 1. The lowest BCUT2D eigenvalue weighted by molar-refractivity contribution is -0.141. The van der Waals surface area contributed by atoms with Crippen LogP contribution < -0.4 is 5.32 Å². The molecule has 1 saturated heterocycles. The number of hydrogen-bond acceptors (Lipinski definition) is 4. The van der Waals surface area contributed by atoms with Gasteiger partial charge in [0.05, 0.1) is 12.7 Å². The van der Waals surface area contributed by atoms with Crippen molar-refractivity contribution in [2.75, 3.05) is 26.7 Å². The van der Waals surface area contributed by atoms with Crippen LogP contribution >= 0.6 is 0 Å². The van der Waals surface area contributed by atoms with Gasteiger partial charge < -0.3 is 15.2 Å². The quantitative estimate of drug-likeness (QED) is 0.704. The first-order valence-electron chi connectivity index (χ1n) is 5.98. The van der Waals surface area contributed by atoms with E-state index in [-0.39, 0.29) is 0 Å². The summed E-state index contributed by atoms with van der Waals surface area (Å²) in [6.07, 6.45) is 3.79. The number of aliphatic carboxylic acids is 1. The van der Waals surface area contributed by atoms with Crippen LogP contribution in [0.15, 0.2) is 0 Å².